The van der Waals surface area contributed by atoms with Crippen LogP contribution in [0.15, 0.2) is 12.1 Å². The average Bonchev–Trinajstić information content (AvgIpc) is 2.94. The number of nitriles is 1. The van der Waals surface area contributed by atoms with Crippen molar-refractivity contribution in [2.75, 3.05) is 6.61 Å². The molecule has 23 heavy (non-hydrogen) atoms. The first kappa shape index (κ1) is 16.5. The van der Waals surface area contributed by atoms with Crippen LogP contribution in [-0.4, -0.2) is 44.8 Å². The van der Waals surface area contributed by atoms with Gasteiger partial charge in [0.1, 0.15) is 24.4 Å². The lowest BCUT2D eigenvalue weighted by Gasteiger charge is -2.20. The Balaban J connectivity index is 2.24. The van der Waals surface area contributed by atoms with E-state index in [0.29, 0.717) is 32.2 Å². The Hall–Kier alpha value is -1.33. The van der Waals surface area contributed by atoms with Gasteiger partial charge in [-0.15, -0.1) is 0 Å². The summed E-state index contributed by atoms with van der Waals surface area (Å²) in [6.45, 7) is 1.28. The molecule has 8 heteroatoms. The number of nitrogens with zero attached hydrogens (tertiary/aromatic N) is 2. The SMILES string of the molecule is Cc1c(C#N)c2cc(Cl)c(Cl)cc2n1C1OC(CO)C(O)C1O. The number of hydrogen-bond acceptors (Lipinski definition) is 5. The number of ether oxygens (including phenoxy) is 1. The van der Waals surface area contributed by atoms with Gasteiger partial charge in [-0.2, -0.15) is 5.26 Å². The van der Waals surface area contributed by atoms with E-state index in [1.165, 1.54) is 0 Å². The second-order valence-electron chi connectivity index (χ2n) is 5.45. The zero-order valence-electron chi connectivity index (χ0n) is 12.1. The fourth-order valence-electron chi connectivity index (χ4n) is 2.99. The molecule has 1 aromatic heterocycles. The number of rotatable bonds is 2. The van der Waals surface area contributed by atoms with Gasteiger partial charge in [0.2, 0.25) is 0 Å². The van der Waals surface area contributed by atoms with Crippen LogP contribution in [0.3, 0.4) is 0 Å². The second kappa shape index (κ2) is 5.95. The topological polar surface area (TPSA) is 98.6 Å². The highest BCUT2D eigenvalue weighted by molar-refractivity contribution is 6.42. The van der Waals surface area contributed by atoms with Gasteiger partial charge >= 0.3 is 0 Å². The highest BCUT2D eigenvalue weighted by Gasteiger charge is 2.44. The third kappa shape index (κ3) is 2.41. The monoisotopic (exact) mass is 356 g/mol. The molecule has 4 unspecified atom stereocenters. The van der Waals surface area contributed by atoms with Crippen molar-refractivity contribution in [3.63, 3.8) is 0 Å². The third-order valence-corrected chi connectivity index (χ3v) is 4.90. The summed E-state index contributed by atoms with van der Waals surface area (Å²) in [7, 11) is 0. The Kier molecular flexibility index (Phi) is 4.27. The lowest BCUT2D eigenvalue weighted by atomic mass is 10.1. The molecule has 2 aromatic rings. The zero-order chi connectivity index (χ0) is 16.9. The summed E-state index contributed by atoms with van der Waals surface area (Å²) in [6, 6.07) is 5.28. The summed E-state index contributed by atoms with van der Waals surface area (Å²) in [5, 5.41) is 40.1. The van der Waals surface area contributed by atoms with Gasteiger partial charge in [-0.25, -0.2) is 0 Å². The fourth-order valence-corrected chi connectivity index (χ4v) is 3.32. The van der Waals surface area contributed by atoms with Crippen LogP contribution in [0.4, 0.5) is 0 Å². The minimum atomic E-state index is -1.25. The molecule has 2 heterocycles. The first-order valence-electron chi connectivity index (χ1n) is 6.92. The molecule has 0 saturated carbocycles. The van der Waals surface area contributed by atoms with Crippen molar-refractivity contribution >= 4 is 34.1 Å². The van der Waals surface area contributed by atoms with Crippen LogP contribution in [0.5, 0.6) is 0 Å². The maximum Gasteiger partial charge on any atom is 0.163 e. The molecule has 0 aliphatic carbocycles. The smallest absolute Gasteiger partial charge is 0.163 e. The van der Waals surface area contributed by atoms with Gasteiger partial charge in [0.05, 0.1) is 27.7 Å². The van der Waals surface area contributed by atoms with Crippen molar-refractivity contribution in [3.05, 3.63) is 33.4 Å². The van der Waals surface area contributed by atoms with Crippen molar-refractivity contribution in [1.82, 2.24) is 4.57 Å². The van der Waals surface area contributed by atoms with Crippen LogP contribution in [0.1, 0.15) is 17.5 Å². The van der Waals surface area contributed by atoms with Gasteiger partial charge in [-0.3, -0.25) is 0 Å². The van der Waals surface area contributed by atoms with Crippen molar-refractivity contribution in [2.45, 2.75) is 31.5 Å². The van der Waals surface area contributed by atoms with E-state index in [9.17, 15) is 20.6 Å². The van der Waals surface area contributed by atoms with Crippen LogP contribution in [0, 0.1) is 18.3 Å². The van der Waals surface area contributed by atoms with Crippen LogP contribution >= 0.6 is 23.2 Å². The molecule has 122 valence electrons. The molecule has 1 aromatic carbocycles. The Morgan fingerprint density at radius 1 is 1.26 bits per heavy atom. The minimum absolute atomic E-state index is 0.300. The van der Waals surface area contributed by atoms with E-state index in [1.807, 2.05) is 0 Å². The van der Waals surface area contributed by atoms with Gasteiger partial charge in [0, 0.05) is 11.1 Å². The number of halogens is 2. The first-order valence-corrected chi connectivity index (χ1v) is 7.68. The van der Waals surface area contributed by atoms with E-state index in [-0.39, 0.29) is 0 Å². The largest absolute Gasteiger partial charge is 0.394 e. The number of aliphatic hydroxyl groups excluding tert-OH is 3. The Bertz CT molecular complexity index is 814. The number of fused-ring (bicyclic) bond motifs is 1. The normalized spacial score (nSPS) is 27.5. The molecule has 3 N–H and O–H groups in total. The zero-order valence-corrected chi connectivity index (χ0v) is 13.6. The van der Waals surface area contributed by atoms with Crippen molar-refractivity contribution in [1.29, 1.82) is 5.26 Å². The van der Waals surface area contributed by atoms with Crippen molar-refractivity contribution in [3.8, 4) is 6.07 Å². The molecule has 0 amide bonds. The molecule has 4 atom stereocenters. The van der Waals surface area contributed by atoms with Gasteiger partial charge in [0.15, 0.2) is 6.23 Å². The Morgan fingerprint density at radius 2 is 1.91 bits per heavy atom. The van der Waals surface area contributed by atoms with Crippen molar-refractivity contribution in [2.24, 2.45) is 0 Å². The van der Waals surface area contributed by atoms with Gasteiger partial charge in [-0.1, -0.05) is 23.2 Å². The van der Waals surface area contributed by atoms with Crippen LogP contribution in [-0.2, 0) is 4.74 Å². The van der Waals surface area contributed by atoms with E-state index >= 15 is 0 Å². The van der Waals surface area contributed by atoms with E-state index < -0.39 is 31.1 Å². The van der Waals surface area contributed by atoms with Gasteiger partial charge in [0.25, 0.3) is 0 Å². The second-order valence-corrected chi connectivity index (χ2v) is 6.27. The predicted octanol–water partition coefficient (Wildman–Crippen LogP) is 1.74. The average molecular weight is 357 g/mol. The molecule has 0 radical (unpaired) electrons. The van der Waals surface area contributed by atoms with E-state index in [4.69, 9.17) is 27.9 Å². The molecule has 1 aliphatic rings. The summed E-state index contributed by atoms with van der Waals surface area (Å²) in [4.78, 5) is 0. The minimum Gasteiger partial charge on any atom is -0.394 e. The van der Waals surface area contributed by atoms with E-state index in [2.05, 4.69) is 6.07 Å². The summed E-state index contributed by atoms with van der Waals surface area (Å²) in [5.74, 6) is 0. The van der Waals surface area contributed by atoms with E-state index in [0.717, 1.165) is 0 Å². The lowest BCUT2D eigenvalue weighted by Crippen LogP contribution is -2.33. The Morgan fingerprint density at radius 3 is 2.48 bits per heavy atom. The van der Waals surface area contributed by atoms with Crippen LogP contribution in [0.25, 0.3) is 10.9 Å². The molecule has 3 rings (SSSR count). The maximum atomic E-state index is 10.3. The molecule has 6 nitrogen and oxygen atoms in total. The molecule has 1 fully saturated rings. The highest BCUT2D eigenvalue weighted by Crippen LogP contribution is 2.38. The molecule has 0 bridgehead atoms. The highest BCUT2D eigenvalue weighted by atomic mass is 35.5. The van der Waals surface area contributed by atoms with Crippen LogP contribution < -0.4 is 0 Å². The summed E-state index contributed by atoms with van der Waals surface area (Å²) in [5.41, 5.74) is 1.50. The number of hydrogen-bond donors (Lipinski definition) is 3. The molecule has 1 aliphatic heterocycles. The molecular weight excluding hydrogens is 343 g/mol. The predicted molar refractivity (Wildman–Crippen MR) is 84.4 cm³/mol. The van der Waals surface area contributed by atoms with Crippen LogP contribution in [0.2, 0.25) is 10.0 Å². The standard InChI is InChI=1S/C15H14Cl2N2O4/c1-6-8(4-18)7-2-9(16)10(17)3-11(7)19(6)15-14(22)13(21)12(5-20)23-15/h2-3,12-15,20-22H,5H2,1H3. The summed E-state index contributed by atoms with van der Waals surface area (Å²) in [6.07, 6.45) is -4.32. The Labute approximate surface area is 142 Å². The maximum absolute atomic E-state index is 10.3. The van der Waals surface area contributed by atoms with Gasteiger partial charge < -0.3 is 24.6 Å². The molecule has 1 saturated heterocycles. The first-order chi connectivity index (χ1) is 10.9. The lowest BCUT2D eigenvalue weighted by molar-refractivity contribution is -0.0514. The molecule has 0 spiro atoms. The fraction of sp³-hybridized carbons (Fsp3) is 0.400. The number of aliphatic hydroxyl groups is 3. The van der Waals surface area contributed by atoms with Crippen molar-refractivity contribution < 1.29 is 20.1 Å². The number of benzene rings is 1. The third-order valence-electron chi connectivity index (χ3n) is 4.17. The number of aromatic nitrogens is 1. The molecular formula is C15H14Cl2N2O4. The van der Waals surface area contributed by atoms with Gasteiger partial charge in [-0.05, 0) is 19.1 Å². The van der Waals surface area contributed by atoms with E-state index in [1.54, 1.807) is 23.6 Å². The quantitative estimate of drug-likeness (QED) is 0.761. The summed E-state index contributed by atoms with van der Waals surface area (Å²) >= 11 is 12.1. The summed E-state index contributed by atoms with van der Waals surface area (Å²) < 4.78 is 7.16.